The lowest BCUT2D eigenvalue weighted by Gasteiger charge is -2.33. The van der Waals surface area contributed by atoms with Gasteiger partial charge < -0.3 is 0 Å². The molecule has 1 aliphatic rings. The summed E-state index contributed by atoms with van der Waals surface area (Å²) in [4.78, 5) is 14.5. The highest BCUT2D eigenvalue weighted by Crippen LogP contribution is 2.24. The number of thiazole rings is 1. The molecule has 0 saturated carbocycles. The van der Waals surface area contributed by atoms with E-state index in [1.165, 1.54) is 0 Å². The van der Waals surface area contributed by atoms with Crippen LogP contribution in [0.4, 0.5) is 0 Å². The number of benzene rings is 2. The van der Waals surface area contributed by atoms with Gasteiger partial charge in [-0.1, -0.05) is 53.8 Å². The minimum atomic E-state index is -3.57. The summed E-state index contributed by atoms with van der Waals surface area (Å²) in [6.45, 7) is 5.60. The van der Waals surface area contributed by atoms with Crippen molar-refractivity contribution in [3.05, 3.63) is 69.8 Å². The number of hydrogen-bond acceptors (Lipinski definition) is 5. The number of fused-ring (bicyclic) bond motifs is 1. The van der Waals surface area contributed by atoms with Crippen molar-refractivity contribution < 1.29 is 8.42 Å². The van der Waals surface area contributed by atoms with E-state index >= 15 is 0 Å². The summed E-state index contributed by atoms with van der Waals surface area (Å²) >= 11 is 1.10. The van der Waals surface area contributed by atoms with Crippen molar-refractivity contribution >= 4 is 37.7 Å². The molecule has 0 aliphatic carbocycles. The van der Waals surface area contributed by atoms with E-state index in [2.05, 4.69) is 29.2 Å². The monoisotopic (exact) mass is 443 g/mol. The Labute approximate surface area is 180 Å². The third kappa shape index (κ3) is 4.27. The largest absolute Gasteiger partial charge is 0.308 e. The molecule has 1 fully saturated rings. The van der Waals surface area contributed by atoms with Crippen molar-refractivity contribution in [2.24, 2.45) is 0 Å². The first-order chi connectivity index (χ1) is 14.5. The second kappa shape index (κ2) is 8.85. The maximum atomic E-state index is 13.1. The van der Waals surface area contributed by atoms with Crippen LogP contribution in [-0.2, 0) is 16.6 Å². The zero-order chi connectivity index (χ0) is 21.1. The molecule has 0 radical (unpaired) electrons. The molecular weight excluding hydrogens is 418 g/mol. The first-order valence-corrected chi connectivity index (χ1v) is 12.3. The predicted octanol–water partition coefficient (Wildman–Crippen LogP) is 3.10. The molecule has 0 N–H and O–H groups in total. The zero-order valence-corrected chi connectivity index (χ0v) is 18.5. The number of nitrogens with zero attached hydrogens (tertiary/aromatic N) is 3. The number of sulfonamides is 1. The van der Waals surface area contributed by atoms with Crippen molar-refractivity contribution in [3.63, 3.8) is 0 Å². The van der Waals surface area contributed by atoms with Gasteiger partial charge in [0, 0.05) is 39.3 Å². The second-order valence-corrected chi connectivity index (χ2v) is 10.2. The average molecular weight is 444 g/mol. The SMILES string of the molecule is CCn1c(=O)sc2cc(S(=O)(=O)N3CCN(C/C=C/c4ccccc4)CC3)ccc21. The molecule has 2 aromatic carbocycles. The second-order valence-electron chi connectivity index (χ2n) is 7.26. The smallest absolute Gasteiger partial charge is 0.299 e. The van der Waals surface area contributed by atoms with Crippen LogP contribution in [0.3, 0.4) is 0 Å². The Kier molecular flexibility index (Phi) is 6.19. The third-order valence-corrected chi connectivity index (χ3v) is 8.24. The normalized spacial score (nSPS) is 16.6. The average Bonchev–Trinajstić information content (AvgIpc) is 3.09. The Balaban J connectivity index is 1.42. The summed E-state index contributed by atoms with van der Waals surface area (Å²) in [6.07, 6.45) is 4.21. The van der Waals surface area contributed by atoms with Gasteiger partial charge in [0.15, 0.2) is 0 Å². The van der Waals surface area contributed by atoms with E-state index in [4.69, 9.17) is 0 Å². The van der Waals surface area contributed by atoms with Crippen molar-refractivity contribution in [2.45, 2.75) is 18.4 Å². The molecule has 0 bridgehead atoms. The van der Waals surface area contributed by atoms with Crippen LogP contribution in [0.1, 0.15) is 12.5 Å². The van der Waals surface area contributed by atoms with Gasteiger partial charge in [0.1, 0.15) is 0 Å². The van der Waals surface area contributed by atoms with Crippen molar-refractivity contribution in [1.82, 2.24) is 13.8 Å². The summed E-state index contributed by atoms with van der Waals surface area (Å²) in [5.74, 6) is 0. The van der Waals surface area contributed by atoms with Crippen LogP contribution in [0.5, 0.6) is 0 Å². The fraction of sp³-hybridized carbons (Fsp3) is 0.318. The fourth-order valence-electron chi connectivity index (χ4n) is 3.71. The van der Waals surface area contributed by atoms with Crippen LogP contribution in [0.2, 0.25) is 0 Å². The van der Waals surface area contributed by atoms with Crippen LogP contribution >= 0.6 is 11.3 Å². The first-order valence-electron chi connectivity index (χ1n) is 10.1. The van der Waals surface area contributed by atoms with Gasteiger partial charge in [-0.2, -0.15) is 4.31 Å². The van der Waals surface area contributed by atoms with Crippen molar-refractivity contribution in [1.29, 1.82) is 0 Å². The number of aromatic nitrogens is 1. The topological polar surface area (TPSA) is 62.6 Å². The van der Waals surface area contributed by atoms with Gasteiger partial charge >= 0.3 is 4.87 Å². The first kappa shape index (κ1) is 21.0. The fourth-order valence-corrected chi connectivity index (χ4v) is 6.23. The summed E-state index contributed by atoms with van der Waals surface area (Å²) in [6, 6.07) is 15.1. The Morgan fingerprint density at radius 2 is 1.77 bits per heavy atom. The van der Waals surface area contributed by atoms with E-state index < -0.39 is 10.0 Å². The number of rotatable bonds is 6. The van der Waals surface area contributed by atoms with Crippen LogP contribution in [0.15, 0.2) is 64.3 Å². The molecular formula is C22H25N3O3S2. The highest BCUT2D eigenvalue weighted by Gasteiger charge is 2.28. The molecule has 1 saturated heterocycles. The van der Waals surface area contributed by atoms with E-state index in [1.807, 2.05) is 25.1 Å². The Morgan fingerprint density at radius 3 is 2.47 bits per heavy atom. The minimum absolute atomic E-state index is 0.0563. The number of hydrogen-bond donors (Lipinski definition) is 0. The van der Waals surface area contributed by atoms with E-state index in [0.29, 0.717) is 37.4 Å². The Bertz CT molecular complexity index is 1210. The highest BCUT2D eigenvalue weighted by molar-refractivity contribution is 7.89. The highest BCUT2D eigenvalue weighted by atomic mass is 32.2. The Morgan fingerprint density at radius 1 is 1.03 bits per heavy atom. The molecule has 0 amide bonds. The van der Waals surface area contributed by atoms with Gasteiger partial charge in [0.2, 0.25) is 10.0 Å². The molecule has 4 rings (SSSR count). The van der Waals surface area contributed by atoms with Crippen LogP contribution < -0.4 is 4.87 Å². The summed E-state index contributed by atoms with van der Waals surface area (Å²) in [5, 5.41) is 0. The molecule has 3 aromatic rings. The molecule has 8 heteroatoms. The molecule has 0 atom stereocenters. The molecule has 6 nitrogen and oxygen atoms in total. The van der Waals surface area contributed by atoms with Gasteiger partial charge in [-0.05, 0) is 30.7 Å². The van der Waals surface area contributed by atoms with E-state index in [0.717, 1.165) is 29.0 Å². The maximum absolute atomic E-state index is 13.1. The molecule has 2 heterocycles. The standard InChI is InChI=1S/C22H25N3O3S2/c1-2-25-20-11-10-19(17-21(20)29-22(25)26)30(27,28)24-15-13-23(14-16-24)12-6-9-18-7-4-3-5-8-18/h3-11,17H,2,12-16H2,1H3/b9-6+. The molecule has 1 aliphatic heterocycles. The predicted molar refractivity (Wildman–Crippen MR) is 122 cm³/mol. The molecule has 30 heavy (non-hydrogen) atoms. The lowest BCUT2D eigenvalue weighted by molar-refractivity contribution is 0.204. The number of piperazine rings is 1. The lowest BCUT2D eigenvalue weighted by atomic mass is 10.2. The van der Waals surface area contributed by atoms with E-state index in [-0.39, 0.29) is 9.77 Å². The van der Waals surface area contributed by atoms with Gasteiger partial charge in [0.25, 0.3) is 0 Å². The zero-order valence-electron chi connectivity index (χ0n) is 16.9. The third-order valence-electron chi connectivity index (χ3n) is 5.40. The molecule has 1 aromatic heterocycles. The molecule has 0 spiro atoms. The van der Waals surface area contributed by atoms with Crippen LogP contribution in [0, 0.1) is 0 Å². The molecule has 0 unspecified atom stereocenters. The summed E-state index contributed by atoms with van der Waals surface area (Å²) in [5.41, 5.74) is 1.95. The van der Waals surface area contributed by atoms with Crippen LogP contribution in [0.25, 0.3) is 16.3 Å². The van der Waals surface area contributed by atoms with Crippen molar-refractivity contribution in [2.75, 3.05) is 32.7 Å². The number of aryl methyl sites for hydroxylation is 1. The van der Waals surface area contributed by atoms with E-state index in [1.54, 1.807) is 27.1 Å². The lowest BCUT2D eigenvalue weighted by Crippen LogP contribution is -2.48. The molecule has 158 valence electrons. The van der Waals surface area contributed by atoms with Gasteiger partial charge in [0.05, 0.1) is 15.1 Å². The van der Waals surface area contributed by atoms with E-state index in [9.17, 15) is 13.2 Å². The minimum Gasteiger partial charge on any atom is -0.299 e. The quantitative estimate of drug-likeness (QED) is 0.587. The Hall–Kier alpha value is -2.26. The van der Waals surface area contributed by atoms with Gasteiger partial charge in [-0.15, -0.1) is 0 Å². The van der Waals surface area contributed by atoms with Crippen molar-refractivity contribution in [3.8, 4) is 0 Å². The van der Waals surface area contributed by atoms with Gasteiger partial charge in [-0.3, -0.25) is 14.3 Å². The summed E-state index contributed by atoms with van der Waals surface area (Å²) in [7, 11) is -3.57. The summed E-state index contributed by atoms with van der Waals surface area (Å²) < 4.78 is 30.1. The maximum Gasteiger partial charge on any atom is 0.308 e. The van der Waals surface area contributed by atoms with Crippen LogP contribution in [-0.4, -0.2) is 54.9 Å². The van der Waals surface area contributed by atoms with Gasteiger partial charge in [-0.25, -0.2) is 8.42 Å².